The molecule has 7 nitrogen and oxygen atoms in total. The molecule has 0 aliphatic carbocycles. The molecule has 4 rings (SSSR count). The van der Waals surface area contributed by atoms with Crippen LogP contribution in [-0.4, -0.2) is 32.3 Å². The number of nitrogens with zero attached hydrogens (tertiary/aromatic N) is 3. The zero-order valence-corrected chi connectivity index (χ0v) is 25.9. The van der Waals surface area contributed by atoms with E-state index >= 15 is 0 Å². The molecule has 0 spiro atoms. The molecular weight excluding hydrogens is 655 g/mol. The number of amides is 2. The van der Waals surface area contributed by atoms with Crippen LogP contribution in [0, 0.1) is 0 Å². The first-order valence-electron chi connectivity index (χ1n) is 12.6. The van der Waals surface area contributed by atoms with Crippen molar-refractivity contribution in [3.63, 3.8) is 0 Å². The second-order valence-electron chi connectivity index (χ2n) is 10.2. The molecule has 220 valence electrons. The molecule has 0 atom stereocenters. The van der Waals surface area contributed by atoms with E-state index in [1.807, 2.05) is 36.4 Å². The van der Waals surface area contributed by atoms with E-state index in [9.17, 15) is 22.8 Å². The molecule has 42 heavy (non-hydrogen) atoms. The standard InChI is InChI=1S/C29H26BrClF3N5O2S/c1-28(2,3)18-6-4-17(5-7-18)26(41)35-15-24-37-38-27(39(24)21-11-9-20(30)10-12-21)42-16-25(40)36-23-14-19(29(32,33)34)8-13-22(23)31/h4-14H,15-16H2,1-3H3,(H,35,41)(H,36,40). The monoisotopic (exact) mass is 679 g/mol. The molecule has 0 fully saturated rings. The van der Waals surface area contributed by atoms with Crippen LogP contribution in [-0.2, 0) is 22.9 Å². The van der Waals surface area contributed by atoms with E-state index in [2.05, 4.69) is 57.5 Å². The van der Waals surface area contributed by atoms with E-state index < -0.39 is 17.6 Å². The highest BCUT2D eigenvalue weighted by atomic mass is 79.9. The Bertz CT molecular complexity index is 1590. The molecule has 0 aliphatic heterocycles. The van der Waals surface area contributed by atoms with Crippen LogP contribution in [0.4, 0.5) is 18.9 Å². The molecule has 0 saturated carbocycles. The molecule has 0 bridgehead atoms. The summed E-state index contributed by atoms with van der Waals surface area (Å²) in [5.74, 6) is -0.637. The number of hydrogen-bond acceptors (Lipinski definition) is 5. The first-order chi connectivity index (χ1) is 19.7. The lowest BCUT2D eigenvalue weighted by atomic mass is 9.87. The van der Waals surface area contributed by atoms with Gasteiger partial charge in [0.25, 0.3) is 5.91 Å². The summed E-state index contributed by atoms with van der Waals surface area (Å²) in [5, 5.41) is 14.0. The van der Waals surface area contributed by atoms with Crippen molar-refractivity contribution < 1.29 is 22.8 Å². The SMILES string of the molecule is CC(C)(C)c1ccc(C(=O)NCc2nnc(SCC(=O)Nc3cc(C(F)(F)F)ccc3Cl)n2-c2ccc(Br)cc2)cc1. The second kappa shape index (κ2) is 12.9. The summed E-state index contributed by atoms with van der Waals surface area (Å²) in [4.78, 5) is 25.5. The van der Waals surface area contributed by atoms with Gasteiger partial charge in [-0.3, -0.25) is 14.2 Å². The van der Waals surface area contributed by atoms with Gasteiger partial charge in [0.15, 0.2) is 11.0 Å². The van der Waals surface area contributed by atoms with E-state index in [1.165, 1.54) is 0 Å². The van der Waals surface area contributed by atoms with Crippen molar-refractivity contribution in [1.29, 1.82) is 0 Å². The van der Waals surface area contributed by atoms with Gasteiger partial charge in [0.2, 0.25) is 5.91 Å². The van der Waals surface area contributed by atoms with E-state index in [-0.39, 0.29) is 34.3 Å². The maximum Gasteiger partial charge on any atom is 0.416 e. The fourth-order valence-corrected chi connectivity index (χ4v) is 5.05. The highest BCUT2D eigenvalue weighted by molar-refractivity contribution is 9.10. The minimum atomic E-state index is -4.58. The summed E-state index contributed by atoms with van der Waals surface area (Å²) >= 11 is 10.4. The first kappa shape index (κ1) is 31.6. The number of carbonyl (C=O) groups excluding carboxylic acids is 2. The maximum atomic E-state index is 13.1. The predicted molar refractivity (Wildman–Crippen MR) is 161 cm³/mol. The third kappa shape index (κ3) is 7.93. The topological polar surface area (TPSA) is 88.9 Å². The van der Waals surface area contributed by atoms with Crippen molar-refractivity contribution in [3.05, 3.63) is 98.7 Å². The quantitative estimate of drug-likeness (QED) is 0.187. The fraction of sp³-hybridized carbons (Fsp3) is 0.241. The van der Waals surface area contributed by atoms with E-state index in [0.29, 0.717) is 22.2 Å². The third-order valence-corrected chi connectivity index (χ3v) is 7.89. The summed E-state index contributed by atoms with van der Waals surface area (Å²) < 4.78 is 41.8. The van der Waals surface area contributed by atoms with Crippen LogP contribution in [0.25, 0.3) is 5.69 Å². The molecule has 2 N–H and O–H groups in total. The van der Waals surface area contributed by atoms with Gasteiger partial charge in [0.1, 0.15) is 0 Å². The number of rotatable bonds is 8. The Hall–Kier alpha value is -3.35. The van der Waals surface area contributed by atoms with Gasteiger partial charge in [0.05, 0.1) is 28.6 Å². The second-order valence-corrected chi connectivity index (χ2v) is 12.5. The Labute approximate surface area is 258 Å². The number of benzene rings is 3. The smallest absolute Gasteiger partial charge is 0.345 e. The lowest BCUT2D eigenvalue weighted by molar-refractivity contribution is -0.137. The highest BCUT2D eigenvalue weighted by Crippen LogP contribution is 2.34. The fourth-order valence-electron chi connectivity index (χ4n) is 3.85. The van der Waals surface area contributed by atoms with Crippen LogP contribution < -0.4 is 10.6 Å². The number of hydrogen-bond donors (Lipinski definition) is 2. The van der Waals surface area contributed by atoms with E-state index in [1.54, 1.807) is 16.7 Å². The summed E-state index contributed by atoms with van der Waals surface area (Å²) in [6.45, 7) is 6.33. The van der Waals surface area contributed by atoms with Crippen molar-refractivity contribution in [1.82, 2.24) is 20.1 Å². The predicted octanol–water partition coefficient (Wildman–Crippen LogP) is 7.66. The molecule has 0 radical (unpaired) electrons. The molecule has 1 aromatic heterocycles. The number of aromatic nitrogens is 3. The molecule has 13 heteroatoms. The van der Waals surface area contributed by atoms with Crippen LogP contribution in [0.15, 0.2) is 76.4 Å². The zero-order valence-electron chi connectivity index (χ0n) is 22.7. The number of thioether (sulfide) groups is 1. The minimum Gasteiger partial charge on any atom is -0.345 e. The van der Waals surface area contributed by atoms with Crippen LogP contribution in [0.2, 0.25) is 5.02 Å². The van der Waals surface area contributed by atoms with Crippen molar-refractivity contribution in [3.8, 4) is 5.69 Å². The number of alkyl halides is 3. The summed E-state index contributed by atoms with van der Waals surface area (Å²) in [6.07, 6.45) is -4.58. The van der Waals surface area contributed by atoms with Gasteiger partial charge in [-0.1, -0.05) is 72.2 Å². The van der Waals surface area contributed by atoms with Crippen LogP contribution in [0.5, 0.6) is 0 Å². The first-order valence-corrected chi connectivity index (χ1v) is 14.8. The van der Waals surface area contributed by atoms with Crippen LogP contribution in [0.1, 0.15) is 48.1 Å². The lowest BCUT2D eigenvalue weighted by Gasteiger charge is -2.19. The molecule has 1 heterocycles. The van der Waals surface area contributed by atoms with Crippen molar-refractivity contribution in [2.24, 2.45) is 0 Å². The normalized spacial score (nSPS) is 11.8. The van der Waals surface area contributed by atoms with Crippen LogP contribution in [0.3, 0.4) is 0 Å². The van der Waals surface area contributed by atoms with Crippen molar-refractivity contribution in [2.75, 3.05) is 11.1 Å². The molecule has 0 unspecified atom stereocenters. The molecule has 4 aromatic rings. The third-order valence-electron chi connectivity index (χ3n) is 6.11. The average molecular weight is 681 g/mol. The Morgan fingerprint density at radius 2 is 1.60 bits per heavy atom. The highest BCUT2D eigenvalue weighted by Gasteiger charge is 2.31. The van der Waals surface area contributed by atoms with Crippen molar-refractivity contribution in [2.45, 2.75) is 44.1 Å². The number of anilines is 1. The van der Waals surface area contributed by atoms with E-state index in [4.69, 9.17) is 11.6 Å². The number of nitrogens with one attached hydrogen (secondary N) is 2. The minimum absolute atomic E-state index is 0.0227. The van der Waals surface area contributed by atoms with Crippen molar-refractivity contribution >= 4 is 56.8 Å². The molecule has 3 aromatic carbocycles. The van der Waals surface area contributed by atoms with Gasteiger partial charge in [0, 0.05) is 15.7 Å². The van der Waals surface area contributed by atoms with Gasteiger partial charge in [-0.05, 0) is 65.6 Å². The molecular formula is C29H26BrClF3N5O2S. The summed E-state index contributed by atoms with van der Waals surface area (Å²) in [5.41, 5.74) is 1.17. The van der Waals surface area contributed by atoms with Gasteiger partial charge in [-0.25, -0.2) is 0 Å². The van der Waals surface area contributed by atoms with Gasteiger partial charge >= 0.3 is 6.18 Å². The largest absolute Gasteiger partial charge is 0.416 e. The van der Waals surface area contributed by atoms with Crippen LogP contribution >= 0.6 is 39.3 Å². The number of halogens is 5. The van der Waals surface area contributed by atoms with Gasteiger partial charge in [-0.2, -0.15) is 13.2 Å². The molecule has 0 aliphatic rings. The number of carbonyl (C=O) groups is 2. The average Bonchev–Trinajstić information content (AvgIpc) is 3.34. The maximum absolute atomic E-state index is 13.1. The van der Waals surface area contributed by atoms with E-state index in [0.717, 1.165) is 40.0 Å². The molecule has 2 amide bonds. The Morgan fingerprint density at radius 3 is 2.21 bits per heavy atom. The summed E-state index contributed by atoms with van der Waals surface area (Å²) in [6, 6.07) is 17.4. The van der Waals surface area contributed by atoms with Gasteiger partial charge in [-0.15, -0.1) is 10.2 Å². The Balaban J connectivity index is 1.49. The lowest BCUT2D eigenvalue weighted by Crippen LogP contribution is -2.25. The zero-order chi connectivity index (χ0) is 30.7. The summed E-state index contributed by atoms with van der Waals surface area (Å²) in [7, 11) is 0. The Morgan fingerprint density at radius 1 is 0.952 bits per heavy atom. The molecule has 0 saturated heterocycles. The Kier molecular flexibility index (Phi) is 9.69. The van der Waals surface area contributed by atoms with Gasteiger partial charge < -0.3 is 10.6 Å².